The van der Waals surface area contributed by atoms with Crippen molar-refractivity contribution >= 4 is 0 Å². The maximum Gasteiger partial charge on any atom is 0.118 e. The van der Waals surface area contributed by atoms with Crippen LogP contribution in [-0.4, -0.2) is 18.1 Å². The minimum atomic E-state index is 0.629. The molecule has 1 fully saturated rings. The van der Waals surface area contributed by atoms with Crippen LogP contribution in [0.3, 0.4) is 0 Å². The van der Waals surface area contributed by atoms with Crippen molar-refractivity contribution in [3.05, 3.63) is 59.4 Å². The highest BCUT2D eigenvalue weighted by Gasteiger charge is 2.29. The summed E-state index contributed by atoms with van der Waals surface area (Å²) in [5.74, 6) is 1.62. The van der Waals surface area contributed by atoms with Gasteiger partial charge in [0, 0.05) is 25.0 Å². The Hall–Kier alpha value is -1.87. The number of methoxy groups -OCH3 is 1. The van der Waals surface area contributed by atoms with Gasteiger partial charge in [0.1, 0.15) is 5.75 Å². The van der Waals surface area contributed by atoms with Gasteiger partial charge in [-0.05, 0) is 60.6 Å². The molecule has 1 N–H and O–H groups in total. The van der Waals surface area contributed by atoms with Gasteiger partial charge in [-0.15, -0.1) is 0 Å². The molecule has 3 nitrogen and oxygen atoms in total. The molecule has 1 heterocycles. The highest BCUT2D eigenvalue weighted by atomic mass is 16.5. The second-order valence-electron chi connectivity index (χ2n) is 5.82. The van der Waals surface area contributed by atoms with Crippen molar-refractivity contribution in [2.24, 2.45) is 0 Å². The van der Waals surface area contributed by atoms with Crippen molar-refractivity contribution in [3.63, 3.8) is 0 Å². The predicted octanol–water partition coefficient (Wildman–Crippen LogP) is 3.43. The van der Waals surface area contributed by atoms with Gasteiger partial charge in [-0.1, -0.05) is 12.1 Å². The van der Waals surface area contributed by atoms with E-state index in [2.05, 4.69) is 47.6 Å². The molecule has 0 radical (unpaired) electrons. The SMILES string of the molecule is COc1ccc(C2CC(NCc3ccncc3C)C2)cc1. The van der Waals surface area contributed by atoms with E-state index in [9.17, 15) is 0 Å². The summed E-state index contributed by atoms with van der Waals surface area (Å²) in [6, 6.07) is 11.2. The molecule has 3 rings (SSSR count). The summed E-state index contributed by atoms with van der Waals surface area (Å²) in [5.41, 5.74) is 4.03. The highest BCUT2D eigenvalue weighted by Crippen LogP contribution is 2.37. The number of hydrogen-bond donors (Lipinski definition) is 1. The van der Waals surface area contributed by atoms with E-state index in [1.165, 1.54) is 29.5 Å². The first-order chi connectivity index (χ1) is 10.3. The van der Waals surface area contributed by atoms with E-state index in [1.54, 1.807) is 7.11 Å². The molecule has 0 amide bonds. The van der Waals surface area contributed by atoms with Gasteiger partial charge in [-0.3, -0.25) is 4.98 Å². The Labute approximate surface area is 126 Å². The molecule has 110 valence electrons. The number of aryl methyl sites for hydroxylation is 1. The maximum absolute atomic E-state index is 5.20. The number of nitrogens with zero attached hydrogens (tertiary/aromatic N) is 1. The van der Waals surface area contributed by atoms with Gasteiger partial charge < -0.3 is 10.1 Å². The van der Waals surface area contributed by atoms with Gasteiger partial charge in [-0.25, -0.2) is 0 Å². The van der Waals surface area contributed by atoms with Crippen LogP contribution in [-0.2, 0) is 6.54 Å². The van der Waals surface area contributed by atoms with Crippen molar-refractivity contribution in [1.82, 2.24) is 10.3 Å². The second-order valence-corrected chi connectivity index (χ2v) is 5.82. The second kappa shape index (κ2) is 6.27. The summed E-state index contributed by atoms with van der Waals surface area (Å²) < 4.78 is 5.20. The molecular formula is C18H22N2O. The van der Waals surface area contributed by atoms with Crippen LogP contribution >= 0.6 is 0 Å². The summed E-state index contributed by atoms with van der Waals surface area (Å²) in [6.45, 7) is 3.05. The van der Waals surface area contributed by atoms with Gasteiger partial charge in [0.2, 0.25) is 0 Å². The molecule has 0 atom stereocenters. The quantitative estimate of drug-likeness (QED) is 0.912. The lowest BCUT2D eigenvalue weighted by atomic mass is 9.76. The van der Waals surface area contributed by atoms with Gasteiger partial charge in [0.25, 0.3) is 0 Å². The van der Waals surface area contributed by atoms with Gasteiger partial charge in [-0.2, -0.15) is 0 Å². The Morgan fingerprint density at radius 2 is 1.95 bits per heavy atom. The fraction of sp³-hybridized carbons (Fsp3) is 0.389. The van der Waals surface area contributed by atoms with E-state index in [4.69, 9.17) is 4.74 Å². The summed E-state index contributed by atoms with van der Waals surface area (Å²) in [5, 5.41) is 3.65. The van der Waals surface area contributed by atoms with Crippen molar-refractivity contribution in [3.8, 4) is 5.75 Å². The van der Waals surface area contributed by atoms with E-state index in [0.717, 1.165) is 12.3 Å². The summed E-state index contributed by atoms with van der Waals surface area (Å²) in [7, 11) is 1.71. The lowest BCUT2D eigenvalue weighted by molar-refractivity contribution is 0.289. The van der Waals surface area contributed by atoms with Crippen molar-refractivity contribution < 1.29 is 4.74 Å². The molecule has 1 aromatic heterocycles. The molecule has 0 bridgehead atoms. The van der Waals surface area contributed by atoms with Crippen LogP contribution in [0.1, 0.15) is 35.4 Å². The molecule has 1 aliphatic carbocycles. The van der Waals surface area contributed by atoms with Crippen LogP contribution in [0.5, 0.6) is 5.75 Å². The summed E-state index contributed by atoms with van der Waals surface area (Å²) in [4.78, 5) is 4.13. The summed E-state index contributed by atoms with van der Waals surface area (Å²) >= 11 is 0. The largest absolute Gasteiger partial charge is 0.497 e. The molecule has 2 aromatic rings. The molecule has 0 unspecified atom stereocenters. The van der Waals surface area contributed by atoms with Crippen LogP contribution in [0.15, 0.2) is 42.7 Å². The van der Waals surface area contributed by atoms with E-state index in [-0.39, 0.29) is 0 Å². The molecule has 0 spiro atoms. The molecule has 1 aromatic carbocycles. The smallest absolute Gasteiger partial charge is 0.118 e. The number of pyridine rings is 1. The zero-order valence-corrected chi connectivity index (χ0v) is 12.7. The topological polar surface area (TPSA) is 34.1 Å². The molecule has 3 heteroatoms. The van der Waals surface area contributed by atoms with Crippen LogP contribution < -0.4 is 10.1 Å². The van der Waals surface area contributed by atoms with E-state index < -0.39 is 0 Å². The molecule has 0 aliphatic heterocycles. The maximum atomic E-state index is 5.20. The molecular weight excluding hydrogens is 260 g/mol. The number of hydrogen-bond acceptors (Lipinski definition) is 3. The van der Waals surface area contributed by atoms with Gasteiger partial charge in [0.05, 0.1) is 7.11 Å². The van der Waals surface area contributed by atoms with Gasteiger partial charge >= 0.3 is 0 Å². The number of nitrogens with one attached hydrogen (secondary N) is 1. The summed E-state index contributed by atoms with van der Waals surface area (Å²) in [6.07, 6.45) is 6.23. The standard InChI is InChI=1S/C18H22N2O/c1-13-11-19-8-7-15(13)12-20-17-9-16(10-17)14-3-5-18(21-2)6-4-14/h3-8,11,16-17,20H,9-10,12H2,1-2H3. The average Bonchev–Trinajstić information content (AvgIpc) is 2.48. The highest BCUT2D eigenvalue weighted by molar-refractivity contribution is 5.31. The Bertz CT molecular complexity index is 588. The number of aromatic nitrogens is 1. The zero-order valence-electron chi connectivity index (χ0n) is 12.7. The molecule has 1 aliphatic rings. The average molecular weight is 282 g/mol. The van der Waals surface area contributed by atoms with E-state index >= 15 is 0 Å². The Balaban J connectivity index is 1.48. The van der Waals surface area contributed by atoms with Gasteiger partial charge in [0.15, 0.2) is 0 Å². The Kier molecular flexibility index (Phi) is 4.20. The Morgan fingerprint density at radius 3 is 2.62 bits per heavy atom. The number of rotatable bonds is 5. The number of benzene rings is 1. The monoisotopic (exact) mass is 282 g/mol. The van der Waals surface area contributed by atoms with E-state index in [1.807, 2.05) is 12.4 Å². The third-order valence-corrected chi connectivity index (χ3v) is 4.44. The van der Waals surface area contributed by atoms with Crippen molar-refractivity contribution in [2.75, 3.05) is 7.11 Å². The number of ether oxygens (including phenoxy) is 1. The minimum absolute atomic E-state index is 0.629. The fourth-order valence-corrected chi connectivity index (χ4v) is 2.89. The minimum Gasteiger partial charge on any atom is -0.497 e. The third-order valence-electron chi connectivity index (χ3n) is 4.44. The first-order valence-corrected chi connectivity index (χ1v) is 7.53. The van der Waals surface area contributed by atoms with Crippen LogP contribution in [0.25, 0.3) is 0 Å². The lowest BCUT2D eigenvalue weighted by Gasteiger charge is -2.36. The lowest BCUT2D eigenvalue weighted by Crippen LogP contribution is -2.39. The molecule has 0 saturated heterocycles. The molecule has 1 saturated carbocycles. The fourth-order valence-electron chi connectivity index (χ4n) is 2.89. The van der Waals surface area contributed by atoms with Crippen LogP contribution in [0, 0.1) is 6.92 Å². The Morgan fingerprint density at radius 1 is 1.19 bits per heavy atom. The van der Waals surface area contributed by atoms with Crippen LogP contribution in [0.2, 0.25) is 0 Å². The van der Waals surface area contributed by atoms with E-state index in [0.29, 0.717) is 12.0 Å². The van der Waals surface area contributed by atoms with Crippen molar-refractivity contribution in [2.45, 2.75) is 38.3 Å². The zero-order chi connectivity index (χ0) is 14.7. The predicted molar refractivity (Wildman–Crippen MR) is 84.6 cm³/mol. The first kappa shape index (κ1) is 14.1. The molecule has 21 heavy (non-hydrogen) atoms. The first-order valence-electron chi connectivity index (χ1n) is 7.53. The van der Waals surface area contributed by atoms with Crippen molar-refractivity contribution in [1.29, 1.82) is 0 Å². The third kappa shape index (κ3) is 3.24. The normalized spacial score (nSPS) is 20.9. The van der Waals surface area contributed by atoms with Crippen LogP contribution in [0.4, 0.5) is 0 Å².